The van der Waals surface area contributed by atoms with Crippen LogP contribution in [0.25, 0.3) is 0 Å². The third-order valence-corrected chi connectivity index (χ3v) is 4.69. The second kappa shape index (κ2) is 7.90. The van der Waals surface area contributed by atoms with Crippen LogP contribution in [0.5, 0.6) is 0 Å². The maximum absolute atomic E-state index is 5.61. The monoisotopic (exact) mass is 328 g/mol. The van der Waals surface area contributed by atoms with Crippen molar-refractivity contribution in [2.45, 2.75) is 46.2 Å². The van der Waals surface area contributed by atoms with Crippen molar-refractivity contribution in [2.24, 2.45) is 0 Å². The van der Waals surface area contributed by atoms with Gasteiger partial charge in [0.1, 0.15) is 0 Å². The highest BCUT2D eigenvalue weighted by atomic mass is 16.4. The molecule has 0 atom stereocenters. The topological polar surface area (TPSA) is 45.4 Å². The molecule has 5 nitrogen and oxygen atoms in total. The Balaban J connectivity index is 1.46. The molecule has 2 aromatic rings. The van der Waals surface area contributed by atoms with Gasteiger partial charge in [-0.2, -0.15) is 0 Å². The van der Waals surface area contributed by atoms with Crippen molar-refractivity contribution >= 4 is 0 Å². The van der Waals surface area contributed by atoms with E-state index in [0.29, 0.717) is 5.92 Å². The molecule has 0 N–H and O–H groups in total. The van der Waals surface area contributed by atoms with Crippen molar-refractivity contribution in [2.75, 3.05) is 26.2 Å². The number of hydrogen-bond acceptors (Lipinski definition) is 5. The van der Waals surface area contributed by atoms with Gasteiger partial charge in [-0.15, -0.1) is 10.2 Å². The van der Waals surface area contributed by atoms with Gasteiger partial charge in [-0.05, 0) is 17.0 Å². The fourth-order valence-corrected chi connectivity index (χ4v) is 3.06. The minimum absolute atomic E-state index is 0.598. The summed E-state index contributed by atoms with van der Waals surface area (Å²) in [5, 5.41) is 8.15. The third kappa shape index (κ3) is 4.42. The Labute approximate surface area is 144 Å². The van der Waals surface area contributed by atoms with Crippen molar-refractivity contribution in [1.29, 1.82) is 0 Å². The highest BCUT2D eigenvalue weighted by Crippen LogP contribution is 2.16. The van der Waals surface area contributed by atoms with Gasteiger partial charge in [-0.25, -0.2) is 0 Å². The smallest absolute Gasteiger partial charge is 0.230 e. The molecule has 1 aliphatic rings. The molecule has 1 saturated heterocycles. The molecule has 0 bridgehead atoms. The average molecular weight is 328 g/mol. The van der Waals surface area contributed by atoms with Crippen molar-refractivity contribution in [3.05, 3.63) is 47.2 Å². The Morgan fingerprint density at radius 1 is 0.917 bits per heavy atom. The number of hydrogen-bond donors (Lipinski definition) is 0. The molecule has 130 valence electrons. The molecule has 5 heteroatoms. The largest absolute Gasteiger partial charge is 0.424 e. The predicted molar refractivity (Wildman–Crippen MR) is 94.8 cm³/mol. The Morgan fingerprint density at radius 2 is 1.50 bits per heavy atom. The molecule has 2 heterocycles. The van der Waals surface area contributed by atoms with Crippen molar-refractivity contribution in [1.82, 2.24) is 20.0 Å². The first-order valence-electron chi connectivity index (χ1n) is 8.99. The Hall–Kier alpha value is -1.72. The van der Waals surface area contributed by atoms with E-state index in [4.69, 9.17) is 4.42 Å². The summed E-state index contributed by atoms with van der Waals surface area (Å²) in [6.45, 7) is 12.6. The first-order chi connectivity index (χ1) is 11.6. The molecule has 0 amide bonds. The summed E-state index contributed by atoms with van der Waals surface area (Å²) in [6, 6.07) is 9.06. The van der Waals surface area contributed by atoms with E-state index in [0.717, 1.165) is 57.5 Å². The van der Waals surface area contributed by atoms with Crippen LogP contribution in [0.2, 0.25) is 0 Å². The molecule has 1 fully saturated rings. The number of benzene rings is 1. The number of piperazine rings is 1. The van der Waals surface area contributed by atoms with E-state index in [1.54, 1.807) is 0 Å². The highest BCUT2D eigenvalue weighted by Gasteiger charge is 2.19. The van der Waals surface area contributed by atoms with Crippen LogP contribution in [0.1, 0.15) is 49.6 Å². The summed E-state index contributed by atoms with van der Waals surface area (Å²) in [5.41, 5.74) is 2.81. The van der Waals surface area contributed by atoms with Crippen LogP contribution in [0.3, 0.4) is 0 Å². The van der Waals surface area contributed by atoms with E-state index < -0.39 is 0 Å². The lowest BCUT2D eigenvalue weighted by Gasteiger charge is -2.34. The predicted octanol–water partition coefficient (Wildman–Crippen LogP) is 3.07. The Morgan fingerprint density at radius 3 is 2.04 bits per heavy atom. The second-order valence-electron chi connectivity index (χ2n) is 6.89. The van der Waals surface area contributed by atoms with Gasteiger partial charge in [0.25, 0.3) is 0 Å². The van der Waals surface area contributed by atoms with Crippen LogP contribution < -0.4 is 0 Å². The minimum Gasteiger partial charge on any atom is -0.424 e. The van der Waals surface area contributed by atoms with Crippen LogP contribution in [0.4, 0.5) is 0 Å². The maximum atomic E-state index is 5.61. The molecular formula is C19H28N4O. The van der Waals surface area contributed by atoms with E-state index in [-0.39, 0.29) is 0 Å². The minimum atomic E-state index is 0.598. The number of aromatic nitrogens is 2. The van der Waals surface area contributed by atoms with Gasteiger partial charge < -0.3 is 4.42 Å². The molecule has 0 spiro atoms. The van der Waals surface area contributed by atoms with Crippen molar-refractivity contribution < 1.29 is 4.42 Å². The van der Waals surface area contributed by atoms with Gasteiger partial charge in [0, 0.05) is 39.1 Å². The average Bonchev–Trinajstić information content (AvgIpc) is 3.05. The second-order valence-corrected chi connectivity index (χ2v) is 6.89. The zero-order chi connectivity index (χ0) is 16.9. The third-order valence-electron chi connectivity index (χ3n) is 4.69. The Kier molecular flexibility index (Phi) is 5.63. The molecule has 0 aliphatic carbocycles. The van der Waals surface area contributed by atoms with E-state index in [9.17, 15) is 0 Å². The molecular weight excluding hydrogens is 300 g/mol. The van der Waals surface area contributed by atoms with Crippen LogP contribution in [0.15, 0.2) is 28.7 Å². The van der Waals surface area contributed by atoms with Crippen LogP contribution >= 0.6 is 0 Å². The summed E-state index contributed by atoms with van der Waals surface area (Å²) in [7, 11) is 0. The van der Waals surface area contributed by atoms with E-state index >= 15 is 0 Å². The highest BCUT2D eigenvalue weighted by molar-refractivity contribution is 5.24. The van der Waals surface area contributed by atoms with E-state index in [1.807, 2.05) is 6.92 Å². The molecule has 1 aliphatic heterocycles. The molecule has 0 radical (unpaired) electrons. The molecule has 24 heavy (non-hydrogen) atoms. The number of aryl methyl sites for hydroxylation is 1. The first kappa shape index (κ1) is 17.1. The molecule has 1 aromatic carbocycles. The SMILES string of the molecule is CCc1nnc(CN2CCN(Cc3ccc(C(C)C)cc3)CC2)o1. The maximum Gasteiger partial charge on any atom is 0.230 e. The first-order valence-corrected chi connectivity index (χ1v) is 8.99. The molecule has 0 saturated carbocycles. The fourth-order valence-electron chi connectivity index (χ4n) is 3.06. The van der Waals surface area contributed by atoms with E-state index in [1.165, 1.54) is 11.1 Å². The van der Waals surface area contributed by atoms with Crippen molar-refractivity contribution in [3.63, 3.8) is 0 Å². The summed E-state index contributed by atoms with van der Waals surface area (Å²) >= 11 is 0. The fraction of sp³-hybridized carbons (Fsp3) is 0.579. The zero-order valence-electron chi connectivity index (χ0n) is 15.0. The molecule has 3 rings (SSSR count). The standard InChI is InChI=1S/C19H28N4O/c1-4-18-20-21-19(24-18)14-23-11-9-22(10-12-23)13-16-5-7-17(8-6-16)15(2)3/h5-8,15H,4,9-14H2,1-3H3. The summed E-state index contributed by atoms with van der Waals surface area (Å²) in [6.07, 6.45) is 0.802. The van der Waals surface area contributed by atoms with E-state index in [2.05, 4.69) is 58.1 Å². The van der Waals surface area contributed by atoms with Gasteiger partial charge in [0.15, 0.2) is 0 Å². The van der Waals surface area contributed by atoms with Crippen molar-refractivity contribution in [3.8, 4) is 0 Å². The van der Waals surface area contributed by atoms with Crippen LogP contribution in [0, 0.1) is 0 Å². The van der Waals surface area contributed by atoms with Gasteiger partial charge >= 0.3 is 0 Å². The summed E-state index contributed by atoms with van der Waals surface area (Å²) < 4.78 is 5.61. The summed E-state index contributed by atoms with van der Waals surface area (Å²) in [4.78, 5) is 4.91. The van der Waals surface area contributed by atoms with Gasteiger partial charge in [0.05, 0.1) is 6.54 Å². The lowest BCUT2D eigenvalue weighted by Crippen LogP contribution is -2.45. The normalized spacial score (nSPS) is 16.8. The summed E-state index contributed by atoms with van der Waals surface area (Å²) in [5.74, 6) is 2.07. The molecule has 0 unspecified atom stereocenters. The quantitative estimate of drug-likeness (QED) is 0.815. The van der Waals surface area contributed by atoms with Gasteiger partial charge in [-0.3, -0.25) is 9.80 Å². The van der Waals surface area contributed by atoms with Gasteiger partial charge in [0.2, 0.25) is 11.8 Å². The Bertz CT molecular complexity index is 627. The number of rotatable bonds is 6. The van der Waals surface area contributed by atoms with Crippen LogP contribution in [-0.2, 0) is 19.5 Å². The lowest BCUT2D eigenvalue weighted by atomic mass is 10.0. The van der Waals surface area contributed by atoms with Gasteiger partial charge in [-0.1, -0.05) is 45.0 Å². The van der Waals surface area contributed by atoms with Crippen LogP contribution in [-0.4, -0.2) is 46.2 Å². The molecule has 1 aromatic heterocycles. The zero-order valence-corrected chi connectivity index (χ0v) is 15.0. The lowest BCUT2D eigenvalue weighted by molar-refractivity contribution is 0.114. The number of nitrogens with zero attached hydrogens (tertiary/aromatic N) is 4.